The Kier molecular flexibility index (Phi) is 2.00. The molecular weight excluding hydrogens is 181 g/mol. The van der Waals surface area contributed by atoms with E-state index in [0.29, 0.717) is 16.5 Å². The minimum atomic E-state index is -0.354. The minimum absolute atomic E-state index is 0.0806. The lowest BCUT2D eigenvalue weighted by Gasteiger charge is -2.01. The summed E-state index contributed by atoms with van der Waals surface area (Å²) in [6, 6.07) is 5.83. The van der Waals surface area contributed by atoms with Crippen LogP contribution in [0.5, 0.6) is 0 Å². The number of aromatic nitrogens is 1. The molecule has 0 N–H and O–H groups in total. The Hall–Kier alpha value is -1.77. The molecule has 2 rings (SSSR count). The Morgan fingerprint density at radius 3 is 2.86 bits per heavy atom. The van der Waals surface area contributed by atoms with Gasteiger partial charge in [-0.05, 0) is 31.2 Å². The van der Waals surface area contributed by atoms with Gasteiger partial charge in [0.25, 0.3) is 0 Å². The number of benzene rings is 1. The van der Waals surface area contributed by atoms with Crippen molar-refractivity contribution < 1.29 is 9.18 Å². The first-order valence-corrected chi connectivity index (χ1v) is 4.23. The number of carbonyl (C=O) groups excluding carboxylic acids is 1. The van der Waals surface area contributed by atoms with Crippen molar-refractivity contribution in [2.45, 2.75) is 6.92 Å². The van der Waals surface area contributed by atoms with E-state index in [1.165, 1.54) is 19.1 Å². The summed E-state index contributed by atoms with van der Waals surface area (Å²) in [4.78, 5) is 15.3. The number of hydrogen-bond donors (Lipinski definition) is 0. The molecule has 0 amide bonds. The van der Waals surface area contributed by atoms with Gasteiger partial charge in [-0.2, -0.15) is 0 Å². The topological polar surface area (TPSA) is 30.0 Å². The molecule has 1 heterocycles. The molecule has 0 saturated carbocycles. The summed E-state index contributed by atoms with van der Waals surface area (Å²) in [6.07, 6.45) is 1.55. The molecule has 0 aliphatic heterocycles. The van der Waals surface area contributed by atoms with Crippen LogP contribution < -0.4 is 0 Å². The van der Waals surface area contributed by atoms with Gasteiger partial charge in [-0.1, -0.05) is 0 Å². The maximum Gasteiger partial charge on any atom is 0.160 e. The summed E-state index contributed by atoms with van der Waals surface area (Å²) < 4.78 is 12.9. The normalized spacial score (nSPS) is 10.4. The van der Waals surface area contributed by atoms with Gasteiger partial charge in [0, 0.05) is 17.1 Å². The number of hydrogen-bond acceptors (Lipinski definition) is 2. The molecule has 0 bridgehead atoms. The van der Waals surface area contributed by atoms with Crippen molar-refractivity contribution in [1.29, 1.82) is 0 Å². The molecule has 0 atom stereocenters. The number of ketones is 1. The lowest BCUT2D eigenvalue weighted by atomic mass is 10.1. The number of halogens is 1. The van der Waals surface area contributed by atoms with Gasteiger partial charge in [-0.25, -0.2) is 4.39 Å². The largest absolute Gasteiger partial charge is 0.294 e. The van der Waals surface area contributed by atoms with Crippen LogP contribution >= 0.6 is 0 Å². The second kappa shape index (κ2) is 3.18. The summed E-state index contributed by atoms with van der Waals surface area (Å²) in [5.74, 6) is -0.434. The van der Waals surface area contributed by atoms with E-state index >= 15 is 0 Å². The lowest BCUT2D eigenvalue weighted by molar-refractivity contribution is 0.101. The van der Waals surface area contributed by atoms with E-state index in [9.17, 15) is 9.18 Å². The van der Waals surface area contributed by atoms with Crippen LogP contribution in [-0.2, 0) is 0 Å². The minimum Gasteiger partial charge on any atom is -0.294 e. The molecule has 2 aromatic rings. The third-order valence-electron chi connectivity index (χ3n) is 2.08. The molecule has 14 heavy (non-hydrogen) atoms. The quantitative estimate of drug-likeness (QED) is 0.645. The van der Waals surface area contributed by atoms with Crippen LogP contribution in [0.4, 0.5) is 4.39 Å². The molecule has 0 saturated heterocycles. The van der Waals surface area contributed by atoms with E-state index in [0.717, 1.165) is 0 Å². The van der Waals surface area contributed by atoms with Crippen molar-refractivity contribution in [3.05, 3.63) is 41.8 Å². The monoisotopic (exact) mass is 189 g/mol. The van der Waals surface area contributed by atoms with Gasteiger partial charge in [-0.15, -0.1) is 0 Å². The van der Waals surface area contributed by atoms with Crippen LogP contribution in [0.1, 0.15) is 17.3 Å². The van der Waals surface area contributed by atoms with Crippen LogP contribution in [0.2, 0.25) is 0 Å². The smallest absolute Gasteiger partial charge is 0.160 e. The number of fused-ring (bicyclic) bond motifs is 1. The van der Waals surface area contributed by atoms with E-state index in [1.54, 1.807) is 18.3 Å². The van der Waals surface area contributed by atoms with E-state index < -0.39 is 0 Å². The first-order chi connectivity index (χ1) is 6.68. The highest BCUT2D eigenvalue weighted by molar-refractivity contribution is 6.05. The molecule has 3 heteroatoms. The fourth-order valence-corrected chi connectivity index (χ4v) is 1.43. The number of nitrogens with zero attached hydrogens (tertiary/aromatic N) is 1. The molecule has 1 aromatic carbocycles. The van der Waals surface area contributed by atoms with E-state index in [4.69, 9.17) is 0 Å². The second-order valence-electron chi connectivity index (χ2n) is 3.08. The van der Waals surface area contributed by atoms with Crippen molar-refractivity contribution in [2.24, 2.45) is 0 Å². The van der Waals surface area contributed by atoms with Gasteiger partial charge in [0.2, 0.25) is 0 Å². The fraction of sp³-hybridized carbons (Fsp3) is 0.0909. The standard InChI is InChI=1S/C11H8FNO/c1-7(14)9-4-5-13-11-3-2-8(12)6-10(9)11/h2-6H,1H3. The van der Waals surface area contributed by atoms with Crippen molar-refractivity contribution >= 4 is 16.7 Å². The van der Waals surface area contributed by atoms with E-state index in [-0.39, 0.29) is 11.6 Å². The molecule has 0 spiro atoms. The predicted octanol–water partition coefficient (Wildman–Crippen LogP) is 2.58. The van der Waals surface area contributed by atoms with Crippen molar-refractivity contribution in [1.82, 2.24) is 4.98 Å². The molecule has 2 nitrogen and oxygen atoms in total. The van der Waals surface area contributed by atoms with E-state index in [2.05, 4.69) is 4.98 Å². The zero-order chi connectivity index (χ0) is 10.1. The summed E-state index contributed by atoms with van der Waals surface area (Å²) >= 11 is 0. The molecule has 70 valence electrons. The fourth-order valence-electron chi connectivity index (χ4n) is 1.43. The number of rotatable bonds is 1. The first-order valence-electron chi connectivity index (χ1n) is 4.23. The van der Waals surface area contributed by atoms with Gasteiger partial charge < -0.3 is 0 Å². The van der Waals surface area contributed by atoms with Crippen LogP contribution in [-0.4, -0.2) is 10.8 Å². The Bertz CT molecular complexity index is 508. The Balaban J connectivity index is 2.84. The Labute approximate surface area is 80.4 Å². The summed E-state index contributed by atoms with van der Waals surface area (Å²) in [5.41, 5.74) is 1.15. The van der Waals surface area contributed by atoms with Crippen LogP contribution in [0.25, 0.3) is 10.9 Å². The summed E-state index contributed by atoms with van der Waals surface area (Å²) in [5, 5.41) is 0.569. The Morgan fingerprint density at radius 1 is 1.36 bits per heavy atom. The molecule has 0 aliphatic rings. The molecule has 0 fully saturated rings. The highest BCUT2D eigenvalue weighted by Gasteiger charge is 2.06. The number of Topliss-reactive ketones (excluding diaryl/α,β-unsaturated/α-hetero) is 1. The van der Waals surface area contributed by atoms with Crippen LogP contribution in [0.15, 0.2) is 30.5 Å². The molecule has 0 radical (unpaired) electrons. The maximum atomic E-state index is 12.9. The third-order valence-corrected chi connectivity index (χ3v) is 2.08. The predicted molar refractivity (Wildman–Crippen MR) is 51.7 cm³/mol. The highest BCUT2D eigenvalue weighted by atomic mass is 19.1. The number of pyridine rings is 1. The van der Waals surface area contributed by atoms with Gasteiger partial charge >= 0.3 is 0 Å². The van der Waals surface area contributed by atoms with Gasteiger partial charge in [0.05, 0.1) is 5.52 Å². The molecule has 0 unspecified atom stereocenters. The zero-order valence-corrected chi connectivity index (χ0v) is 7.62. The molecule has 0 aliphatic carbocycles. The first kappa shape index (κ1) is 8.81. The van der Waals surface area contributed by atoms with E-state index in [1.807, 2.05) is 0 Å². The lowest BCUT2D eigenvalue weighted by Crippen LogP contribution is -1.95. The van der Waals surface area contributed by atoms with Crippen LogP contribution in [0, 0.1) is 5.82 Å². The average Bonchev–Trinajstić information content (AvgIpc) is 2.16. The van der Waals surface area contributed by atoms with Gasteiger partial charge in [0.1, 0.15) is 5.82 Å². The third kappa shape index (κ3) is 1.37. The average molecular weight is 189 g/mol. The summed E-state index contributed by atoms with van der Waals surface area (Å²) in [6.45, 7) is 1.46. The summed E-state index contributed by atoms with van der Waals surface area (Å²) in [7, 11) is 0. The molecule has 1 aromatic heterocycles. The second-order valence-corrected chi connectivity index (χ2v) is 3.08. The van der Waals surface area contributed by atoms with Gasteiger partial charge in [0.15, 0.2) is 5.78 Å². The Morgan fingerprint density at radius 2 is 2.14 bits per heavy atom. The highest BCUT2D eigenvalue weighted by Crippen LogP contribution is 2.18. The SMILES string of the molecule is CC(=O)c1ccnc2ccc(F)cc12. The number of carbonyl (C=O) groups is 1. The van der Waals surface area contributed by atoms with Crippen molar-refractivity contribution in [3.63, 3.8) is 0 Å². The van der Waals surface area contributed by atoms with Crippen molar-refractivity contribution in [3.8, 4) is 0 Å². The molecular formula is C11H8FNO. The van der Waals surface area contributed by atoms with Gasteiger partial charge in [-0.3, -0.25) is 9.78 Å². The maximum absolute atomic E-state index is 12.9. The van der Waals surface area contributed by atoms with Crippen LogP contribution in [0.3, 0.4) is 0 Å². The van der Waals surface area contributed by atoms with Crippen molar-refractivity contribution in [2.75, 3.05) is 0 Å². The zero-order valence-electron chi connectivity index (χ0n) is 7.62.